The molecule has 2 heterocycles. The smallest absolute Gasteiger partial charge is 0.270 e. The largest absolute Gasteiger partial charge is 0.467 e. The van der Waals surface area contributed by atoms with E-state index in [4.69, 9.17) is 4.42 Å². The summed E-state index contributed by atoms with van der Waals surface area (Å²) < 4.78 is 19.9. The molecule has 0 aliphatic carbocycles. The van der Waals surface area contributed by atoms with Crippen molar-refractivity contribution >= 4 is 11.6 Å². The number of nitro benzene ring substituents is 1. The van der Waals surface area contributed by atoms with E-state index >= 15 is 0 Å². The number of nitrogens with zero attached hydrogens (tertiary/aromatic N) is 3. The van der Waals surface area contributed by atoms with Gasteiger partial charge in [-0.15, -0.1) is 0 Å². The molecule has 0 aliphatic heterocycles. The summed E-state index contributed by atoms with van der Waals surface area (Å²) in [6.45, 7) is 0.184. The Bertz CT molecular complexity index is 1180. The van der Waals surface area contributed by atoms with Gasteiger partial charge in [-0.3, -0.25) is 14.9 Å². The lowest BCUT2D eigenvalue weighted by molar-refractivity contribution is -0.384. The highest BCUT2D eigenvalue weighted by molar-refractivity contribution is 5.94. The SMILES string of the molecule is O=C(NCc1ccco1)c1cc(-c2ccc(F)cc2)nn1-c1ccc([N+](=O)[O-])cc1. The molecular formula is C21H15FN4O4. The van der Waals surface area contributed by atoms with Crippen LogP contribution in [0.15, 0.2) is 77.4 Å². The molecule has 0 saturated heterocycles. The van der Waals surface area contributed by atoms with Crippen LogP contribution >= 0.6 is 0 Å². The molecule has 30 heavy (non-hydrogen) atoms. The first-order valence-electron chi connectivity index (χ1n) is 8.93. The van der Waals surface area contributed by atoms with Gasteiger partial charge in [0.05, 0.1) is 29.1 Å². The van der Waals surface area contributed by atoms with E-state index in [1.54, 1.807) is 30.3 Å². The van der Waals surface area contributed by atoms with Crippen molar-refractivity contribution in [2.45, 2.75) is 6.54 Å². The molecule has 2 aromatic carbocycles. The third-order valence-corrected chi connectivity index (χ3v) is 4.39. The number of hydrogen-bond acceptors (Lipinski definition) is 5. The summed E-state index contributed by atoms with van der Waals surface area (Å²) in [5.74, 6) is -0.209. The molecule has 4 aromatic rings. The number of carbonyl (C=O) groups is 1. The molecule has 4 rings (SSSR count). The topological polar surface area (TPSA) is 103 Å². The first-order valence-corrected chi connectivity index (χ1v) is 8.93. The zero-order valence-electron chi connectivity index (χ0n) is 15.5. The van der Waals surface area contributed by atoms with Crippen molar-refractivity contribution in [1.82, 2.24) is 15.1 Å². The molecule has 1 amide bonds. The fourth-order valence-corrected chi connectivity index (χ4v) is 2.89. The number of carbonyl (C=O) groups excluding carboxylic acids is 1. The van der Waals surface area contributed by atoms with E-state index in [1.807, 2.05) is 0 Å². The maximum absolute atomic E-state index is 13.3. The number of nitrogens with one attached hydrogen (secondary N) is 1. The van der Waals surface area contributed by atoms with Crippen LogP contribution in [-0.4, -0.2) is 20.6 Å². The molecule has 1 N–H and O–H groups in total. The lowest BCUT2D eigenvalue weighted by Gasteiger charge is -2.07. The first kappa shape index (κ1) is 19.1. The number of hydrogen-bond donors (Lipinski definition) is 1. The Kier molecular flexibility index (Phi) is 5.08. The van der Waals surface area contributed by atoms with Crippen LogP contribution in [0, 0.1) is 15.9 Å². The van der Waals surface area contributed by atoms with E-state index in [0.29, 0.717) is 22.7 Å². The summed E-state index contributed by atoms with van der Waals surface area (Å²) in [7, 11) is 0. The molecule has 2 aromatic heterocycles. The number of halogens is 1. The van der Waals surface area contributed by atoms with Crippen LogP contribution < -0.4 is 5.32 Å². The number of rotatable bonds is 6. The van der Waals surface area contributed by atoms with Crippen LogP contribution in [0.1, 0.15) is 16.2 Å². The van der Waals surface area contributed by atoms with E-state index in [1.165, 1.54) is 47.3 Å². The summed E-state index contributed by atoms with van der Waals surface area (Å²) >= 11 is 0. The van der Waals surface area contributed by atoms with Gasteiger partial charge in [0.25, 0.3) is 11.6 Å². The number of benzene rings is 2. The Morgan fingerprint density at radius 2 is 1.87 bits per heavy atom. The third kappa shape index (κ3) is 3.95. The van der Waals surface area contributed by atoms with Gasteiger partial charge >= 0.3 is 0 Å². The van der Waals surface area contributed by atoms with Crippen LogP contribution in [0.3, 0.4) is 0 Å². The molecule has 0 fully saturated rings. The van der Waals surface area contributed by atoms with Crippen molar-refractivity contribution in [1.29, 1.82) is 0 Å². The second-order valence-electron chi connectivity index (χ2n) is 6.37. The highest BCUT2D eigenvalue weighted by atomic mass is 19.1. The second kappa shape index (κ2) is 8.00. The van der Waals surface area contributed by atoms with Crippen molar-refractivity contribution in [2.75, 3.05) is 0 Å². The van der Waals surface area contributed by atoms with Gasteiger partial charge in [0, 0.05) is 17.7 Å². The molecule has 8 nitrogen and oxygen atoms in total. The van der Waals surface area contributed by atoms with Crippen molar-refractivity contribution in [3.05, 3.63) is 100 Å². The van der Waals surface area contributed by atoms with Crippen molar-refractivity contribution in [3.63, 3.8) is 0 Å². The minimum Gasteiger partial charge on any atom is -0.467 e. The predicted octanol–water partition coefficient (Wildman–Crippen LogP) is 4.11. The number of aromatic nitrogens is 2. The Labute approximate surface area is 169 Å². The van der Waals surface area contributed by atoms with Crippen molar-refractivity contribution in [3.8, 4) is 16.9 Å². The zero-order valence-corrected chi connectivity index (χ0v) is 15.5. The lowest BCUT2D eigenvalue weighted by Crippen LogP contribution is -2.25. The highest BCUT2D eigenvalue weighted by Gasteiger charge is 2.18. The Hall–Kier alpha value is -4.27. The predicted molar refractivity (Wildman–Crippen MR) is 105 cm³/mol. The Balaban J connectivity index is 1.71. The molecule has 0 aliphatic rings. The van der Waals surface area contributed by atoms with Gasteiger partial charge < -0.3 is 9.73 Å². The summed E-state index contributed by atoms with van der Waals surface area (Å²) in [5, 5.41) is 18.1. The van der Waals surface area contributed by atoms with Gasteiger partial charge in [-0.05, 0) is 54.6 Å². The molecule has 0 saturated carbocycles. The van der Waals surface area contributed by atoms with E-state index in [9.17, 15) is 19.3 Å². The van der Waals surface area contributed by atoms with E-state index < -0.39 is 10.8 Å². The van der Waals surface area contributed by atoms with E-state index in [-0.39, 0.29) is 23.7 Å². The standard InChI is InChI=1S/C21H15FN4O4/c22-15-5-3-14(4-6-15)19-12-20(21(27)23-13-18-2-1-11-30-18)25(24-19)16-7-9-17(10-8-16)26(28)29/h1-12H,13H2,(H,23,27). The lowest BCUT2D eigenvalue weighted by atomic mass is 10.1. The van der Waals surface area contributed by atoms with Gasteiger partial charge in [-0.1, -0.05) is 0 Å². The second-order valence-corrected chi connectivity index (χ2v) is 6.37. The minimum absolute atomic E-state index is 0.0755. The van der Waals surface area contributed by atoms with E-state index in [2.05, 4.69) is 10.4 Å². The van der Waals surface area contributed by atoms with E-state index in [0.717, 1.165) is 0 Å². The van der Waals surface area contributed by atoms with Crippen LogP contribution in [0.4, 0.5) is 10.1 Å². The van der Waals surface area contributed by atoms with Gasteiger partial charge in [-0.25, -0.2) is 9.07 Å². The fourth-order valence-electron chi connectivity index (χ4n) is 2.89. The summed E-state index contributed by atoms with van der Waals surface area (Å²) in [4.78, 5) is 23.2. The monoisotopic (exact) mass is 406 g/mol. The maximum Gasteiger partial charge on any atom is 0.270 e. The van der Waals surface area contributed by atoms with Crippen LogP contribution in [0.5, 0.6) is 0 Å². The minimum atomic E-state index is -0.506. The molecule has 150 valence electrons. The highest BCUT2D eigenvalue weighted by Crippen LogP contribution is 2.23. The number of furan rings is 1. The summed E-state index contributed by atoms with van der Waals surface area (Å²) in [6, 6.07) is 16.4. The fraction of sp³-hybridized carbons (Fsp3) is 0.0476. The van der Waals surface area contributed by atoms with Crippen LogP contribution in [-0.2, 0) is 6.54 Å². The average Bonchev–Trinajstić information content (AvgIpc) is 3.43. The third-order valence-electron chi connectivity index (χ3n) is 4.39. The number of non-ortho nitro benzene ring substituents is 1. The molecule has 0 radical (unpaired) electrons. The maximum atomic E-state index is 13.3. The van der Waals surface area contributed by atoms with Crippen molar-refractivity contribution < 1.29 is 18.5 Å². The molecular weight excluding hydrogens is 391 g/mol. The van der Waals surface area contributed by atoms with Crippen molar-refractivity contribution in [2.24, 2.45) is 0 Å². The molecule has 0 bridgehead atoms. The Morgan fingerprint density at radius 1 is 1.13 bits per heavy atom. The number of nitro groups is 1. The van der Waals surface area contributed by atoms with Gasteiger partial charge in [0.1, 0.15) is 17.3 Å². The summed E-state index contributed by atoms with van der Waals surface area (Å²) in [5.41, 5.74) is 1.69. The molecule has 0 unspecified atom stereocenters. The van der Waals surface area contributed by atoms with Gasteiger partial charge in [-0.2, -0.15) is 5.10 Å². The molecule has 9 heteroatoms. The quantitative estimate of drug-likeness (QED) is 0.383. The zero-order chi connectivity index (χ0) is 21.1. The van der Waals surface area contributed by atoms with Crippen LogP contribution in [0.2, 0.25) is 0 Å². The average molecular weight is 406 g/mol. The van der Waals surface area contributed by atoms with Crippen LogP contribution in [0.25, 0.3) is 16.9 Å². The summed E-state index contributed by atoms with van der Waals surface area (Å²) in [6.07, 6.45) is 1.51. The molecule has 0 atom stereocenters. The van der Waals surface area contributed by atoms with Gasteiger partial charge in [0.2, 0.25) is 0 Å². The normalized spacial score (nSPS) is 10.7. The Morgan fingerprint density at radius 3 is 2.50 bits per heavy atom. The van der Waals surface area contributed by atoms with Gasteiger partial charge in [0.15, 0.2) is 0 Å². The number of amides is 1. The molecule has 0 spiro atoms. The first-order chi connectivity index (χ1) is 14.5.